The van der Waals surface area contributed by atoms with E-state index in [9.17, 15) is 9.59 Å². The Kier molecular flexibility index (Phi) is 7.69. The van der Waals surface area contributed by atoms with Gasteiger partial charge >= 0.3 is 6.09 Å². The Balaban J connectivity index is 1.35. The molecule has 0 aliphatic carbocycles. The molecule has 1 N–H and O–H groups in total. The monoisotopic (exact) mass is 423 g/mol. The SMILES string of the molecule is CC(C)(C)OC(=O)N1CCN(CCNC(=O)Cc2ccc(-c3ccccc3)cc2)CC1. The van der Waals surface area contributed by atoms with Crippen molar-refractivity contribution in [2.75, 3.05) is 39.3 Å². The van der Waals surface area contributed by atoms with Gasteiger partial charge < -0.3 is 15.0 Å². The summed E-state index contributed by atoms with van der Waals surface area (Å²) in [5, 5.41) is 3.00. The molecule has 0 aromatic heterocycles. The number of carbonyl (C=O) groups is 2. The summed E-state index contributed by atoms with van der Waals surface area (Å²) in [4.78, 5) is 28.4. The molecular formula is C25H33N3O3. The summed E-state index contributed by atoms with van der Waals surface area (Å²) >= 11 is 0. The van der Waals surface area contributed by atoms with Crippen LogP contribution in [0, 0.1) is 0 Å². The molecule has 6 nitrogen and oxygen atoms in total. The Labute approximate surface area is 185 Å². The van der Waals surface area contributed by atoms with Gasteiger partial charge in [0.25, 0.3) is 0 Å². The van der Waals surface area contributed by atoms with Crippen molar-refractivity contribution in [1.82, 2.24) is 15.1 Å². The van der Waals surface area contributed by atoms with E-state index in [-0.39, 0.29) is 12.0 Å². The van der Waals surface area contributed by atoms with Crippen molar-refractivity contribution in [1.29, 1.82) is 0 Å². The van der Waals surface area contributed by atoms with Crippen molar-refractivity contribution in [2.45, 2.75) is 32.8 Å². The third-order valence-electron chi connectivity index (χ3n) is 5.20. The van der Waals surface area contributed by atoms with Gasteiger partial charge in [-0.1, -0.05) is 54.6 Å². The number of hydrogen-bond acceptors (Lipinski definition) is 4. The molecule has 1 heterocycles. The number of amides is 2. The normalized spacial score (nSPS) is 14.9. The van der Waals surface area contributed by atoms with E-state index < -0.39 is 5.60 Å². The molecule has 1 fully saturated rings. The summed E-state index contributed by atoms with van der Waals surface area (Å²) in [6.45, 7) is 9.89. The molecule has 3 rings (SSSR count). The fourth-order valence-corrected chi connectivity index (χ4v) is 3.53. The summed E-state index contributed by atoms with van der Waals surface area (Å²) in [5.41, 5.74) is 2.85. The predicted octanol–water partition coefficient (Wildman–Crippen LogP) is 3.57. The van der Waals surface area contributed by atoms with Crippen molar-refractivity contribution in [3.8, 4) is 11.1 Å². The first kappa shape index (κ1) is 22.8. The molecule has 1 saturated heterocycles. The number of ether oxygens (including phenoxy) is 1. The summed E-state index contributed by atoms with van der Waals surface area (Å²) in [5.74, 6) is 0.0276. The van der Waals surface area contributed by atoms with Crippen molar-refractivity contribution < 1.29 is 14.3 Å². The highest BCUT2D eigenvalue weighted by Gasteiger charge is 2.25. The fraction of sp³-hybridized carbons (Fsp3) is 0.440. The Morgan fingerprint density at radius 2 is 1.52 bits per heavy atom. The predicted molar refractivity (Wildman–Crippen MR) is 123 cm³/mol. The lowest BCUT2D eigenvalue weighted by Gasteiger charge is -2.35. The number of nitrogens with one attached hydrogen (secondary N) is 1. The minimum absolute atomic E-state index is 0.0276. The number of nitrogens with zero attached hydrogens (tertiary/aromatic N) is 2. The second kappa shape index (κ2) is 10.4. The van der Waals surface area contributed by atoms with Gasteiger partial charge in [0.1, 0.15) is 5.60 Å². The van der Waals surface area contributed by atoms with Crippen LogP contribution < -0.4 is 5.32 Å². The van der Waals surface area contributed by atoms with Crippen LogP contribution in [0.5, 0.6) is 0 Å². The molecule has 0 unspecified atom stereocenters. The summed E-state index contributed by atoms with van der Waals surface area (Å²) in [6, 6.07) is 18.3. The van der Waals surface area contributed by atoms with Crippen LogP contribution in [-0.4, -0.2) is 66.7 Å². The van der Waals surface area contributed by atoms with Gasteiger partial charge in [-0.05, 0) is 37.5 Å². The number of hydrogen-bond donors (Lipinski definition) is 1. The summed E-state index contributed by atoms with van der Waals surface area (Å²) < 4.78 is 5.43. The molecule has 0 saturated carbocycles. The first-order valence-electron chi connectivity index (χ1n) is 10.9. The highest BCUT2D eigenvalue weighted by atomic mass is 16.6. The molecule has 2 aromatic rings. The molecule has 2 amide bonds. The first-order chi connectivity index (χ1) is 14.8. The van der Waals surface area contributed by atoms with E-state index >= 15 is 0 Å². The lowest BCUT2D eigenvalue weighted by molar-refractivity contribution is -0.120. The van der Waals surface area contributed by atoms with Crippen LogP contribution in [0.4, 0.5) is 4.79 Å². The van der Waals surface area contributed by atoms with Gasteiger partial charge in [0.15, 0.2) is 0 Å². The Morgan fingerprint density at radius 3 is 2.13 bits per heavy atom. The summed E-state index contributed by atoms with van der Waals surface area (Å²) in [7, 11) is 0. The standard InChI is InChI=1S/C25H33N3O3/c1-25(2,3)31-24(30)28-17-15-27(16-18-28)14-13-26-23(29)19-20-9-11-22(12-10-20)21-7-5-4-6-8-21/h4-12H,13-19H2,1-3H3,(H,26,29). The first-order valence-corrected chi connectivity index (χ1v) is 10.9. The highest BCUT2D eigenvalue weighted by molar-refractivity contribution is 5.78. The van der Waals surface area contributed by atoms with Crippen molar-refractivity contribution in [3.63, 3.8) is 0 Å². The van der Waals surface area contributed by atoms with Crippen molar-refractivity contribution in [2.24, 2.45) is 0 Å². The van der Waals surface area contributed by atoms with Gasteiger partial charge in [-0.3, -0.25) is 9.69 Å². The Hall–Kier alpha value is -2.86. The van der Waals surface area contributed by atoms with Crippen LogP contribution in [-0.2, 0) is 16.0 Å². The van der Waals surface area contributed by atoms with Crippen LogP contribution in [0.15, 0.2) is 54.6 Å². The topological polar surface area (TPSA) is 61.9 Å². The zero-order chi connectivity index (χ0) is 22.3. The van der Waals surface area contributed by atoms with Gasteiger partial charge in [-0.2, -0.15) is 0 Å². The van der Waals surface area contributed by atoms with Gasteiger partial charge in [-0.25, -0.2) is 4.79 Å². The van der Waals surface area contributed by atoms with Crippen LogP contribution in [0.25, 0.3) is 11.1 Å². The third-order valence-corrected chi connectivity index (χ3v) is 5.20. The maximum Gasteiger partial charge on any atom is 0.410 e. The van der Waals surface area contributed by atoms with Gasteiger partial charge in [0.2, 0.25) is 5.91 Å². The summed E-state index contributed by atoms with van der Waals surface area (Å²) in [6.07, 6.45) is 0.125. The second-order valence-electron chi connectivity index (χ2n) is 8.90. The molecule has 31 heavy (non-hydrogen) atoms. The van der Waals surface area contributed by atoms with E-state index in [1.54, 1.807) is 4.90 Å². The van der Waals surface area contributed by atoms with E-state index in [1.165, 1.54) is 5.56 Å². The molecule has 6 heteroatoms. The van der Waals surface area contributed by atoms with Gasteiger partial charge in [-0.15, -0.1) is 0 Å². The molecule has 2 aromatic carbocycles. The van der Waals surface area contributed by atoms with Crippen LogP contribution in [0.3, 0.4) is 0 Å². The third kappa shape index (κ3) is 7.40. The molecule has 166 valence electrons. The maximum atomic E-state index is 12.3. The van der Waals surface area contributed by atoms with Crippen LogP contribution in [0.2, 0.25) is 0 Å². The Morgan fingerprint density at radius 1 is 0.903 bits per heavy atom. The second-order valence-corrected chi connectivity index (χ2v) is 8.90. The quantitative estimate of drug-likeness (QED) is 0.772. The zero-order valence-corrected chi connectivity index (χ0v) is 18.8. The maximum absolute atomic E-state index is 12.3. The average molecular weight is 424 g/mol. The molecule has 1 aliphatic heterocycles. The van der Waals surface area contributed by atoms with E-state index in [0.717, 1.165) is 30.8 Å². The van der Waals surface area contributed by atoms with E-state index in [0.29, 0.717) is 26.1 Å². The smallest absolute Gasteiger partial charge is 0.410 e. The number of benzene rings is 2. The highest BCUT2D eigenvalue weighted by Crippen LogP contribution is 2.19. The van der Waals surface area contributed by atoms with Crippen LogP contribution in [0.1, 0.15) is 26.3 Å². The zero-order valence-electron chi connectivity index (χ0n) is 18.8. The van der Waals surface area contributed by atoms with Crippen LogP contribution >= 0.6 is 0 Å². The van der Waals surface area contributed by atoms with Crippen molar-refractivity contribution in [3.05, 3.63) is 60.2 Å². The van der Waals surface area contributed by atoms with E-state index in [4.69, 9.17) is 4.74 Å². The molecule has 0 radical (unpaired) electrons. The Bertz CT molecular complexity index is 852. The van der Waals surface area contributed by atoms with E-state index in [2.05, 4.69) is 34.5 Å². The lowest BCUT2D eigenvalue weighted by Crippen LogP contribution is -2.51. The number of carbonyl (C=O) groups excluding carboxylic acids is 2. The number of piperazine rings is 1. The molecule has 0 atom stereocenters. The molecule has 1 aliphatic rings. The largest absolute Gasteiger partial charge is 0.444 e. The van der Waals surface area contributed by atoms with Gasteiger partial charge in [0, 0.05) is 39.3 Å². The number of rotatable bonds is 6. The van der Waals surface area contributed by atoms with E-state index in [1.807, 2.05) is 51.1 Å². The van der Waals surface area contributed by atoms with Gasteiger partial charge in [0.05, 0.1) is 6.42 Å². The minimum Gasteiger partial charge on any atom is -0.444 e. The van der Waals surface area contributed by atoms with Crippen molar-refractivity contribution >= 4 is 12.0 Å². The average Bonchev–Trinajstić information content (AvgIpc) is 2.74. The molecule has 0 bridgehead atoms. The molecule has 0 spiro atoms. The lowest BCUT2D eigenvalue weighted by atomic mass is 10.0. The minimum atomic E-state index is -0.472. The molecular weight excluding hydrogens is 390 g/mol. The fourth-order valence-electron chi connectivity index (χ4n) is 3.53.